The highest BCUT2D eigenvalue weighted by atomic mass is 17.2. The molecular formula is C15H24O5. The van der Waals surface area contributed by atoms with E-state index in [9.17, 15) is 5.11 Å². The van der Waals surface area contributed by atoms with Crippen LogP contribution in [0.1, 0.15) is 40.0 Å². The Balaban J connectivity index is 1.82. The molecule has 1 N–H and O–H groups in total. The van der Waals surface area contributed by atoms with Crippen LogP contribution in [-0.2, 0) is 19.2 Å². The molecule has 5 aliphatic rings. The topological polar surface area (TPSA) is 57.2 Å². The van der Waals surface area contributed by atoms with Crippen LogP contribution in [0, 0.1) is 23.7 Å². The monoisotopic (exact) mass is 284 g/mol. The van der Waals surface area contributed by atoms with Crippen molar-refractivity contribution in [2.45, 2.75) is 63.8 Å². The first-order valence-corrected chi connectivity index (χ1v) is 7.78. The van der Waals surface area contributed by atoms with Crippen LogP contribution in [0.4, 0.5) is 0 Å². The van der Waals surface area contributed by atoms with Gasteiger partial charge in [-0.3, -0.25) is 0 Å². The first-order valence-electron chi connectivity index (χ1n) is 7.78. The zero-order chi connectivity index (χ0) is 14.1. The third-order valence-corrected chi connectivity index (χ3v) is 6.07. The SMILES string of the molecule is C[C@@H]1CC[C@H]2[C@@H](C)C(O)O[C@@H]3OC[C@]4(C)C[C@@H]1[C@]32OO4. The minimum absolute atomic E-state index is 0.0379. The smallest absolute Gasteiger partial charge is 0.193 e. The van der Waals surface area contributed by atoms with Crippen LogP contribution in [0.15, 0.2) is 0 Å². The fraction of sp³-hybridized carbons (Fsp3) is 1.00. The highest BCUT2D eigenvalue weighted by Gasteiger charge is 2.69. The van der Waals surface area contributed by atoms with E-state index in [4.69, 9.17) is 19.2 Å². The van der Waals surface area contributed by atoms with Crippen LogP contribution in [0.3, 0.4) is 0 Å². The number of fused-ring (bicyclic) bond motifs is 2. The number of ether oxygens (including phenoxy) is 2. The molecule has 1 saturated carbocycles. The first kappa shape index (κ1) is 13.5. The standard InChI is InChI=1S/C15H24O5/c1-8-4-5-10-9(2)12(16)18-13-15(10)11(8)6-14(3,7-17-13)19-20-15/h8-13,16H,4-7H2,1-3H3/t8-,9-,10+,11+,12?,13+,14+,15+/m1/s1. The van der Waals surface area contributed by atoms with Gasteiger partial charge in [0.25, 0.3) is 0 Å². The fourth-order valence-corrected chi connectivity index (χ4v) is 4.87. The van der Waals surface area contributed by atoms with E-state index in [1.807, 2.05) is 13.8 Å². The van der Waals surface area contributed by atoms with Gasteiger partial charge in [0.15, 0.2) is 18.2 Å². The summed E-state index contributed by atoms with van der Waals surface area (Å²) < 4.78 is 11.7. The van der Waals surface area contributed by atoms with Crippen molar-refractivity contribution >= 4 is 0 Å². The zero-order valence-corrected chi connectivity index (χ0v) is 12.4. The lowest BCUT2D eigenvalue weighted by Crippen LogP contribution is -2.69. The molecule has 114 valence electrons. The van der Waals surface area contributed by atoms with Gasteiger partial charge >= 0.3 is 0 Å². The number of aliphatic hydroxyl groups excluding tert-OH is 1. The molecule has 1 unspecified atom stereocenters. The maximum Gasteiger partial charge on any atom is 0.193 e. The molecule has 1 spiro atoms. The van der Waals surface area contributed by atoms with Crippen LogP contribution in [-0.4, -0.2) is 35.5 Å². The molecule has 0 aromatic heterocycles. The van der Waals surface area contributed by atoms with Gasteiger partial charge in [-0.2, -0.15) is 0 Å². The van der Waals surface area contributed by atoms with Gasteiger partial charge in [-0.1, -0.05) is 13.8 Å². The Bertz CT molecular complexity index is 415. The van der Waals surface area contributed by atoms with Crippen molar-refractivity contribution in [2.75, 3.05) is 6.61 Å². The van der Waals surface area contributed by atoms with Crippen molar-refractivity contribution in [3.05, 3.63) is 0 Å². The number of hydrogen-bond acceptors (Lipinski definition) is 5. The lowest BCUT2D eigenvalue weighted by Gasteiger charge is -2.59. The van der Waals surface area contributed by atoms with E-state index < -0.39 is 23.8 Å². The highest BCUT2D eigenvalue weighted by molar-refractivity contribution is 5.10. The summed E-state index contributed by atoms with van der Waals surface area (Å²) in [6, 6.07) is 0. The Morgan fingerprint density at radius 1 is 1.10 bits per heavy atom. The Kier molecular flexibility index (Phi) is 2.81. The molecule has 4 saturated heterocycles. The van der Waals surface area contributed by atoms with E-state index in [1.54, 1.807) is 0 Å². The van der Waals surface area contributed by atoms with Crippen LogP contribution < -0.4 is 0 Å². The predicted molar refractivity (Wildman–Crippen MR) is 69.3 cm³/mol. The largest absolute Gasteiger partial charge is 0.368 e. The second-order valence-corrected chi connectivity index (χ2v) is 7.47. The predicted octanol–water partition coefficient (Wildman–Crippen LogP) is 1.84. The lowest BCUT2D eigenvalue weighted by molar-refractivity contribution is -0.494. The third-order valence-electron chi connectivity index (χ3n) is 6.07. The minimum Gasteiger partial charge on any atom is -0.368 e. The van der Waals surface area contributed by atoms with E-state index in [1.165, 1.54) is 6.42 Å². The average Bonchev–Trinajstić information content (AvgIpc) is 2.63. The third kappa shape index (κ3) is 1.56. The van der Waals surface area contributed by atoms with Crippen LogP contribution in [0.5, 0.6) is 0 Å². The number of aliphatic hydroxyl groups is 1. The van der Waals surface area contributed by atoms with Crippen molar-refractivity contribution in [3.8, 4) is 0 Å². The normalized spacial score (nSPS) is 61.8. The Morgan fingerprint density at radius 2 is 1.90 bits per heavy atom. The second kappa shape index (κ2) is 4.17. The van der Waals surface area contributed by atoms with Gasteiger partial charge < -0.3 is 14.6 Å². The number of hydrogen-bond donors (Lipinski definition) is 1. The summed E-state index contributed by atoms with van der Waals surface area (Å²) in [6.45, 7) is 6.81. The van der Waals surface area contributed by atoms with Crippen LogP contribution >= 0.6 is 0 Å². The molecule has 5 rings (SSSR count). The zero-order valence-electron chi connectivity index (χ0n) is 12.4. The molecule has 2 bridgehead atoms. The Labute approximate surface area is 119 Å². The van der Waals surface area contributed by atoms with Gasteiger partial charge in [0.1, 0.15) is 5.60 Å². The van der Waals surface area contributed by atoms with E-state index >= 15 is 0 Å². The van der Waals surface area contributed by atoms with Gasteiger partial charge in [-0.25, -0.2) is 9.78 Å². The summed E-state index contributed by atoms with van der Waals surface area (Å²) in [6.07, 6.45) is 1.83. The summed E-state index contributed by atoms with van der Waals surface area (Å²) in [4.78, 5) is 11.7. The van der Waals surface area contributed by atoms with E-state index in [2.05, 4.69) is 6.92 Å². The van der Waals surface area contributed by atoms with Crippen molar-refractivity contribution in [2.24, 2.45) is 23.7 Å². The first-order chi connectivity index (χ1) is 9.46. The summed E-state index contributed by atoms with van der Waals surface area (Å²) in [5.41, 5.74) is -0.951. The van der Waals surface area contributed by atoms with Crippen molar-refractivity contribution in [1.29, 1.82) is 0 Å². The lowest BCUT2D eigenvalue weighted by atomic mass is 9.57. The maximum absolute atomic E-state index is 10.2. The maximum atomic E-state index is 10.2. The van der Waals surface area contributed by atoms with Gasteiger partial charge in [-0.05, 0) is 32.1 Å². The van der Waals surface area contributed by atoms with E-state index in [0.717, 1.165) is 12.8 Å². The van der Waals surface area contributed by atoms with E-state index in [-0.39, 0.29) is 11.8 Å². The molecule has 20 heavy (non-hydrogen) atoms. The summed E-state index contributed by atoms with van der Waals surface area (Å²) in [5, 5.41) is 10.2. The second-order valence-electron chi connectivity index (χ2n) is 7.47. The van der Waals surface area contributed by atoms with Gasteiger partial charge in [0.2, 0.25) is 0 Å². The molecular weight excluding hydrogens is 260 g/mol. The number of rotatable bonds is 0. The van der Waals surface area contributed by atoms with Crippen LogP contribution in [0.25, 0.3) is 0 Å². The molecule has 1 aliphatic carbocycles. The van der Waals surface area contributed by atoms with E-state index in [0.29, 0.717) is 18.4 Å². The van der Waals surface area contributed by atoms with Crippen molar-refractivity contribution < 1.29 is 24.4 Å². The van der Waals surface area contributed by atoms with Crippen LogP contribution in [0.2, 0.25) is 0 Å². The molecule has 4 aliphatic heterocycles. The fourth-order valence-electron chi connectivity index (χ4n) is 4.87. The minimum atomic E-state index is -0.779. The summed E-state index contributed by atoms with van der Waals surface area (Å²) >= 11 is 0. The molecule has 4 heterocycles. The average molecular weight is 284 g/mol. The summed E-state index contributed by atoms with van der Waals surface area (Å²) in [5.74, 6) is 1.18. The van der Waals surface area contributed by atoms with Crippen molar-refractivity contribution in [1.82, 2.24) is 0 Å². The molecule has 0 aromatic carbocycles. The highest BCUT2D eigenvalue weighted by Crippen LogP contribution is 2.59. The Morgan fingerprint density at radius 3 is 2.70 bits per heavy atom. The van der Waals surface area contributed by atoms with Gasteiger partial charge in [0.05, 0.1) is 6.61 Å². The molecule has 5 heteroatoms. The van der Waals surface area contributed by atoms with Gasteiger partial charge in [-0.15, -0.1) is 0 Å². The molecule has 0 radical (unpaired) electrons. The molecule has 5 fully saturated rings. The molecule has 5 nitrogen and oxygen atoms in total. The van der Waals surface area contributed by atoms with Gasteiger partial charge in [0, 0.05) is 17.8 Å². The Hall–Kier alpha value is -0.200. The van der Waals surface area contributed by atoms with Crippen molar-refractivity contribution in [3.63, 3.8) is 0 Å². The molecule has 0 amide bonds. The quantitative estimate of drug-likeness (QED) is 0.688. The molecule has 0 aromatic rings. The molecule has 8 atom stereocenters. The summed E-state index contributed by atoms with van der Waals surface area (Å²) in [7, 11) is 0.